The largest absolute Gasteiger partial charge is 0.497 e. The lowest BCUT2D eigenvalue weighted by Crippen LogP contribution is -2.38. The number of hydrogen-bond donors (Lipinski definition) is 2. The SMILES string of the molecule is COCCNC(=O)[C@H](C)Oc1ccc(OC)cc1C(=O)O. The van der Waals surface area contributed by atoms with Crippen molar-refractivity contribution in [2.24, 2.45) is 0 Å². The van der Waals surface area contributed by atoms with Crippen LogP contribution >= 0.6 is 0 Å². The van der Waals surface area contributed by atoms with Gasteiger partial charge in [0.15, 0.2) is 6.10 Å². The topological polar surface area (TPSA) is 94.1 Å². The van der Waals surface area contributed by atoms with E-state index in [1.165, 1.54) is 33.3 Å². The number of carbonyl (C=O) groups is 2. The van der Waals surface area contributed by atoms with Crippen molar-refractivity contribution in [1.29, 1.82) is 0 Å². The maximum atomic E-state index is 11.8. The summed E-state index contributed by atoms with van der Waals surface area (Å²) in [5, 5.41) is 11.8. The molecule has 0 aliphatic carbocycles. The normalized spacial score (nSPS) is 11.6. The van der Waals surface area contributed by atoms with Crippen LogP contribution in [0.3, 0.4) is 0 Å². The number of benzene rings is 1. The number of rotatable bonds is 8. The van der Waals surface area contributed by atoms with E-state index in [9.17, 15) is 9.59 Å². The minimum atomic E-state index is -1.16. The highest BCUT2D eigenvalue weighted by molar-refractivity contribution is 5.91. The summed E-state index contributed by atoms with van der Waals surface area (Å²) in [4.78, 5) is 23.0. The average Bonchev–Trinajstić information content (AvgIpc) is 2.47. The first-order chi connectivity index (χ1) is 9.99. The lowest BCUT2D eigenvalue weighted by molar-refractivity contribution is -0.127. The van der Waals surface area contributed by atoms with Gasteiger partial charge in [0.1, 0.15) is 17.1 Å². The second-order valence-electron chi connectivity index (χ2n) is 4.21. The fraction of sp³-hybridized carbons (Fsp3) is 0.429. The van der Waals surface area contributed by atoms with E-state index in [1.807, 2.05) is 0 Å². The van der Waals surface area contributed by atoms with Gasteiger partial charge in [0.25, 0.3) is 5.91 Å². The Kier molecular flexibility index (Phi) is 6.48. The van der Waals surface area contributed by atoms with E-state index < -0.39 is 12.1 Å². The fourth-order valence-electron chi connectivity index (χ4n) is 1.57. The summed E-state index contributed by atoms with van der Waals surface area (Å²) in [6.45, 7) is 2.29. The molecule has 0 unspecified atom stereocenters. The fourth-order valence-corrected chi connectivity index (χ4v) is 1.57. The summed E-state index contributed by atoms with van der Waals surface area (Å²) in [7, 11) is 2.97. The molecule has 1 aromatic carbocycles. The molecule has 0 fully saturated rings. The van der Waals surface area contributed by atoms with E-state index in [1.54, 1.807) is 6.07 Å². The lowest BCUT2D eigenvalue weighted by Gasteiger charge is -2.16. The second-order valence-corrected chi connectivity index (χ2v) is 4.21. The molecule has 0 bridgehead atoms. The molecule has 7 nitrogen and oxygen atoms in total. The third kappa shape index (κ3) is 4.96. The molecule has 21 heavy (non-hydrogen) atoms. The number of carboxylic acid groups (broad SMARTS) is 1. The van der Waals surface area contributed by atoms with Crippen LogP contribution in [0, 0.1) is 0 Å². The standard InChI is InChI=1S/C14H19NO6/c1-9(13(16)15-6-7-19-2)21-12-5-4-10(20-3)8-11(12)14(17)18/h4-5,8-9H,6-7H2,1-3H3,(H,15,16)(H,17,18)/t9-/m0/s1. The Morgan fingerprint density at radius 1 is 1.33 bits per heavy atom. The smallest absolute Gasteiger partial charge is 0.339 e. The summed E-state index contributed by atoms with van der Waals surface area (Å²) >= 11 is 0. The van der Waals surface area contributed by atoms with Crippen molar-refractivity contribution in [1.82, 2.24) is 5.32 Å². The Morgan fingerprint density at radius 3 is 2.62 bits per heavy atom. The van der Waals surface area contributed by atoms with E-state index in [0.717, 1.165) is 0 Å². The molecule has 2 N–H and O–H groups in total. The Bertz CT molecular complexity index is 502. The van der Waals surface area contributed by atoms with Crippen LogP contribution in [0.5, 0.6) is 11.5 Å². The van der Waals surface area contributed by atoms with E-state index in [-0.39, 0.29) is 17.2 Å². The molecule has 0 saturated heterocycles. The van der Waals surface area contributed by atoms with Gasteiger partial charge in [0, 0.05) is 13.7 Å². The van der Waals surface area contributed by atoms with Gasteiger partial charge in [-0.15, -0.1) is 0 Å². The van der Waals surface area contributed by atoms with Crippen LogP contribution in [0.1, 0.15) is 17.3 Å². The molecule has 116 valence electrons. The highest BCUT2D eigenvalue weighted by Crippen LogP contribution is 2.25. The zero-order valence-electron chi connectivity index (χ0n) is 12.2. The maximum absolute atomic E-state index is 11.8. The first kappa shape index (κ1) is 16.8. The highest BCUT2D eigenvalue weighted by atomic mass is 16.5. The molecule has 0 aromatic heterocycles. The number of carboxylic acids is 1. The number of amides is 1. The Balaban J connectivity index is 2.77. The van der Waals surface area contributed by atoms with Gasteiger partial charge in [0.05, 0.1) is 13.7 Å². The van der Waals surface area contributed by atoms with Gasteiger partial charge >= 0.3 is 5.97 Å². The summed E-state index contributed by atoms with van der Waals surface area (Å²) in [6.07, 6.45) is -0.826. The number of methoxy groups -OCH3 is 2. The molecule has 1 aromatic rings. The van der Waals surface area contributed by atoms with Crippen LogP contribution in [-0.2, 0) is 9.53 Å². The van der Waals surface area contributed by atoms with Gasteiger partial charge < -0.3 is 24.6 Å². The van der Waals surface area contributed by atoms with Gasteiger partial charge in [-0.2, -0.15) is 0 Å². The van der Waals surface area contributed by atoms with Crippen LogP contribution < -0.4 is 14.8 Å². The molecular weight excluding hydrogens is 278 g/mol. The maximum Gasteiger partial charge on any atom is 0.339 e. The van der Waals surface area contributed by atoms with Crippen molar-refractivity contribution >= 4 is 11.9 Å². The lowest BCUT2D eigenvalue weighted by atomic mass is 10.2. The van der Waals surface area contributed by atoms with E-state index >= 15 is 0 Å². The van der Waals surface area contributed by atoms with Gasteiger partial charge in [-0.3, -0.25) is 4.79 Å². The summed E-state index contributed by atoms with van der Waals surface area (Å²) in [5.74, 6) is -0.996. The Labute approximate surface area is 122 Å². The third-order valence-corrected chi connectivity index (χ3v) is 2.70. The van der Waals surface area contributed by atoms with Gasteiger partial charge in [-0.05, 0) is 25.1 Å². The van der Waals surface area contributed by atoms with Gasteiger partial charge in [-0.25, -0.2) is 4.79 Å². The monoisotopic (exact) mass is 297 g/mol. The first-order valence-corrected chi connectivity index (χ1v) is 6.34. The zero-order chi connectivity index (χ0) is 15.8. The molecule has 1 amide bonds. The van der Waals surface area contributed by atoms with Crippen LogP contribution in [0.4, 0.5) is 0 Å². The first-order valence-electron chi connectivity index (χ1n) is 6.34. The van der Waals surface area contributed by atoms with E-state index in [4.69, 9.17) is 19.3 Å². The molecule has 0 aliphatic heterocycles. The van der Waals surface area contributed by atoms with Gasteiger partial charge in [0.2, 0.25) is 0 Å². The number of aromatic carboxylic acids is 1. The van der Waals surface area contributed by atoms with E-state index in [2.05, 4.69) is 5.32 Å². The predicted octanol–water partition coefficient (Wildman–Crippen LogP) is 0.923. The molecule has 0 radical (unpaired) electrons. The van der Waals surface area contributed by atoms with Crippen LogP contribution in [0.15, 0.2) is 18.2 Å². The molecule has 0 saturated carbocycles. The molecule has 0 aliphatic rings. The number of carbonyl (C=O) groups excluding carboxylic acids is 1. The van der Waals surface area contributed by atoms with Crippen molar-refractivity contribution < 1.29 is 28.9 Å². The summed E-state index contributed by atoms with van der Waals surface area (Å²) in [5.41, 5.74) is -0.0640. The average molecular weight is 297 g/mol. The zero-order valence-corrected chi connectivity index (χ0v) is 12.2. The van der Waals surface area contributed by atoms with Crippen molar-refractivity contribution in [3.63, 3.8) is 0 Å². The molecule has 1 rings (SSSR count). The highest BCUT2D eigenvalue weighted by Gasteiger charge is 2.19. The summed E-state index contributed by atoms with van der Waals surface area (Å²) < 4.78 is 15.2. The van der Waals surface area contributed by atoms with Crippen molar-refractivity contribution in [3.8, 4) is 11.5 Å². The number of ether oxygens (including phenoxy) is 3. The Hall–Kier alpha value is -2.28. The van der Waals surface area contributed by atoms with E-state index in [0.29, 0.717) is 18.9 Å². The minimum Gasteiger partial charge on any atom is -0.497 e. The molecule has 1 atom stereocenters. The van der Waals surface area contributed by atoms with Crippen LogP contribution in [-0.4, -0.2) is 50.5 Å². The molecule has 7 heteroatoms. The third-order valence-electron chi connectivity index (χ3n) is 2.70. The second kappa shape index (κ2) is 8.11. The van der Waals surface area contributed by atoms with Gasteiger partial charge in [-0.1, -0.05) is 0 Å². The Morgan fingerprint density at radius 2 is 2.05 bits per heavy atom. The van der Waals surface area contributed by atoms with Crippen molar-refractivity contribution in [3.05, 3.63) is 23.8 Å². The van der Waals surface area contributed by atoms with Crippen LogP contribution in [0.25, 0.3) is 0 Å². The minimum absolute atomic E-state index is 0.0640. The summed E-state index contributed by atoms with van der Waals surface area (Å²) in [6, 6.07) is 4.37. The van der Waals surface area contributed by atoms with Crippen LogP contribution in [0.2, 0.25) is 0 Å². The number of nitrogens with one attached hydrogen (secondary N) is 1. The van der Waals surface area contributed by atoms with Crippen molar-refractivity contribution in [2.75, 3.05) is 27.4 Å². The molecule has 0 spiro atoms. The number of hydrogen-bond acceptors (Lipinski definition) is 5. The molecule has 0 heterocycles. The quantitative estimate of drug-likeness (QED) is 0.693. The molecular formula is C14H19NO6. The predicted molar refractivity (Wildman–Crippen MR) is 74.9 cm³/mol. The van der Waals surface area contributed by atoms with Crippen molar-refractivity contribution in [2.45, 2.75) is 13.0 Å².